The maximum Gasteiger partial charge on any atom is 0.317 e. The van der Waals surface area contributed by atoms with Crippen molar-refractivity contribution in [1.29, 1.82) is 0 Å². The van der Waals surface area contributed by atoms with Crippen LogP contribution in [0.25, 0.3) is 0 Å². The molecule has 0 bridgehead atoms. The minimum Gasteiger partial charge on any atom is -0.480 e. The van der Waals surface area contributed by atoms with Crippen molar-refractivity contribution in [1.82, 2.24) is 4.90 Å². The second-order valence-electron chi connectivity index (χ2n) is 4.97. The Morgan fingerprint density at radius 1 is 0.857 bits per heavy atom. The van der Waals surface area contributed by atoms with Gasteiger partial charge in [0.1, 0.15) is 0 Å². The Balaban J connectivity index is 3.98. The van der Waals surface area contributed by atoms with Crippen LogP contribution in [0.15, 0.2) is 49.6 Å². The van der Waals surface area contributed by atoms with Crippen molar-refractivity contribution in [3.05, 3.63) is 49.6 Å². The number of carboxylic acids is 1. The molecule has 0 spiro atoms. The molecule has 3 heteroatoms. The third-order valence-corrected chi connectivity index (χ3v) is 2.98. The minimum absolute atomic E-state index is 0.0774. The molecule has 0 aliphatic heterocycles. The largest absolute Gasteiger partial charge is 0.480 e. The maximum absolute atomic E-state index is 10.8. The molecule has 0 rings (SSSR count). The molecule has 0 saturated carbocycles. The van der Waals surface area contributed by atoms with Crippen LogP contribution in [0.2, 0.25) is 0 Å². The quantitative estimate of drug-likeness (QED) is 0.385. The molecular weight excluding hydrogens is 262 g/mol. The Morgan fingerprint density at radius 3 is 1.71 bits per heavy atom. The fourth-order valence-corrected chi connectivity index (χ4v) is 1.84. The SMILES string of the molecule is C=CCCCC=CCN(CC=CCCCC=C)CC(=O)O. The van der Waals surface area contributed by atoms with Crippen LogP contribution in [0.1, 0.15) is 38.5 Å². The Morgan fingerprint density at radius 2 is 1.33 bits per heavy atom. The molecule has 0 aliphatic carbocycles. The van der Waals surface area contributed by atoms with E-state index in [9.17, 15) is 4.79 Å². The van der Waals surface area contributed by atoms with Gasteiger partial charge in [-0.05, 0) is 38.5 Å². The molecule has 0 unspecified atom stereocenters. The molecule has 0 aromatic heterocycles. The van der Waals surface area contributed by atoms with E-state index in [1.807, 2.05) is 17.1 Å². The summed E-state index contributed by atoms with van der Waals surface area (Å²) in [5.74, 6) is -0.782. The fraction of sp³-hybridized carbons (Fsp3) is 0.500. The second-order valence-corrected chi connectivity index (χ2v) is 4.97. The van der Waals surface area contributed by atoms with Crippen LogP contribution in [0, 0.1) is 0 Å². The van der Waals surface area contributed by atoms with Gasteiger partial charge in [0.05, 0.1) is 6.54 Å². The molecular formula is C18H29NO2. The molecule has 3 nitrogen and oxygen atoms in total. The fourth-order valence-electron chi connectivity index (χ4n) is 1.84. The number of carboxylic acid groups (broad SMARTS) is 1. The molecule has 0 radical (unpaired) electrons. The van der Waals surface area contributed by atoms with Gasteiger partial charge < -0.3 is 5.11 Å². The minimum atomic E-state index is -0.782. The van der Waals surface area contributed by atoms with Gasteiger partial charge in [-0.15, -0.1) is 13.2 Å². The van der Waals surface area contributed by atoms with Crippen LogP contribution in [-0.4, -0.2) is 35.6 Å². The summed E-state index contributed by atoms with van der Waals surface area (Å²) in [5.41, 5.74) is 0. The van der Waals surface area contributed by atoms with E-state index in [2.05, 4.69) is 37.5 Å². The van der Waals surface area contributed by atoms with Gasteiger partial charge in [-0.1, -0.05) is 36.5 Å². The lowest BCUT2D eigenvalue weighted by Gasteiger charge is -2.15. The lowest BCUT2D eigenvalue weighted by molar-refractivity contribution is -0.138. The van der Waals surface area contributed by atoms with E-state index in [4.69, 9.17) is 5.11 Å². The summed E-state index contributed by atoms with van der Waals surface area (Å²) in [7, 11) is 0. The number of nitrogens with zero attached hydrogens (tertiary/aromatic N) is 1. The van der Waals surface area contributed by atoms with Gasteiger partial charge in [0.25, 0.3) is 0 Å². The highest BCUT2D eigenvalue weighted by atomic mass is 16.4. The molecule has 0 aromatic rings. The van der Waals surface area contributed by atoms with Crippen LogP contribution in [0.3, 0.4) is 0 Å². The van der Waals surface area contributed by atoms with Crippen LogP contribution in [0.5, 0.6) is 0 Å². The van der Waals surface area contributed by atoms with Crippen molar-refractivity contribution in [2.45, 2.75) is 38.5 Å². The standard InChI is InChI=1S/C18H29NO2/c1-3-5-7-9-11-13-15-19(17-18(20)21)16-14-12-10-8-6-4-2/h3-4,11-14H,1-2,5-10,15-17H2,(H,20,21). The van der Waals surface area contributed by atoms with E-state index < -0.39 is 5.97 Å². The summed E-state index contributed by atoms with van der Waals surface area (Å²) in [6, 6.07) is 0. The monoisotopic (exact) mass is 291 g/mol. The average Bonchev–Trinajstić information content (AvgIpc) is 2.45. The summed E-state index contributed by atoms with van der Waals surface area (Å²) in [5, 5.41) is 8.92. The Kier molecular flexibility index (Phi) is 13.7. The normalized spacial score (nSPS) is 11.5. The zero-order valence-electron chi connectivity index (χ0n) is 13.0. The lowest BCUT2D eigenvalue weighted by Crippen LogP contribution is -2.30. The maximum atomic E-state index is 10.8. The Hall–Kier alpha value is -1.61. The molecule has 0 fully saturated rings. The molecule has 0 atom stereocenters. The summed E-state index contributed by atoms with van der Waals surface area (Å²) in [6.07, 6.45) is 18.5. The van der Waals surface area contributed by atoms with Crippen molar-refractivity contribution >= 4 is 5.97 Å². The summed E-state index contributed by atoms with van der Waals surface area (Å²) < 4.78 is 0. The van der Waals surface area contributed by atoms with E-state index in [1.165, 1.54) is 0 Å². The van der Waals surface area contributed by atoms with Crippen LogP contribution in [0.4, 0.5) is 0 Å². The highest BCUT2D eigenvalue weighted by Gasteiger charge is 2.05. The van der Waals surface area contributed by atoms with Gasteiger partial charge >= 0.3 is 5.97 Å². The summed E-state index contributed by atoms with van der Waals surface area (Å²) in [4.78, 5) is 12.8. The van der Waals surface area contributed by atoms with Crippen LogP contribution < -0.4 is 0 Å². The predicted octanol–water partition coefficient (Wildman–Crippen LogP) is 4.20. The third-order valence-electron chi connectivity index (χ3n) is 2.98. The molecule has 118 valence electrons. The first-order valence-corrected chi connectivity index (χ1v) is 7.66. The smallest absolute Gasteiger partial charge is 0.317 e. The Bertz CT molecular complexity index is 319. The van der Waals surface area contributed by atoms with E-state index >= 15 is 0 Å². The number of aliphatic carboxylic acids is 1. The van der Waals surface area contributed by atoms with Gasteiger partial charge in [0, 0.05) is 13.1 Å². The molecule has 1 N–H and O–H groups in total. The number of rotatable bonds is 14. The lowest BCUT2D eigenvalue weighted by atomic mass is 10.2. The van der Waals surface area contributed by atoms with E-state index in [0.29, 0.717) is 13.1 Å². The molecule has 0 saturated heterocycles. The van der Waals surface area contributed by atoms with E-state index in [1.54, 1.807) is 0 Å². The zero-order chi connectivity index (χ0) is 15.8. The topological polar surface area (TPSA) is 40.5 Å². The molecule has 0 amide bonds. The van der Waals surface area contributed by atoms with Crippen molar-refractivity contribution in [2.24, 2.45) is 0 Å². The van der Waals surface area contributed by atoms with Gasteiger partial charge in [-0.25, -0.2) is 0 Å². The summed E-state index contributed by atoms with van der Waals surface area (Å²) in [6.45, 7) is 8.81. The number of hydrogen-bond donors (Lipinski definition) is 1. The van der Waals surface area contributed by atoms with Gasteiger partial charge in [0.2, 0.25) is 0 Å². The van der Waals surface area contributed by atoms with Gasteiger partial charge in [0.15, 0.2) is 0 Å². The van der Waals surface area contributed by atoms with Crippen molar-refractivity contribution < 1.29 is 9.90 Å². The van der Waals surface area contributed by atoms with E-state index in [0.717, 1.165) is 38.5 Å². The summed E-state index contributed by atoms with van der Waals surface area (Å²) >= 11 is 0. The molecule has 0 heterocycles. The Labute approximate surface area is 129 Å². The first-order chi connectivity index (χ1) is 10.2. The first-order valence-electron chi connectivity index (χ1n) is 7.66. The molecule has 0 aromatic carbocycles. The third kappa shape index (κ3) is 14.6. The van der Waals surface area contributed by atoms with Gasteiger partial charge in [-0.2, -0.15) is 0 Å². The highest BCUT2D eigenvalue weighted by Crippen LogP contribution is 2.00. The highest BCUT2D eigenvalue weighted by molar-refractivity contribution is 5.69. The van der Waals surface area contributed by atoms with E-state index in [-0.39, 0.29) is 6.54 Å². The molecule has 21 heavy (non-hydrogen) atoms. The number of allylic oxidation sites excluding steroid dienone is 4. The number of carbonyl (C=O) groups is 1. The van der Waals surface area contributed by atoms with Crippen LogP contribution in [-0.2, 0) is 4.79 Å². The second kappa shape index (κ2) is 14.8. The average molecular weight is 291 g/mol. The van der Waals surface area contributed by atoms with Crippen molar-refractivity contribution in [3.8, 4) is 0 Å². The molecule has 0 aliphatic rings. The predicted molar refractivity (Wildman–Crippen MR) is 90.5 cm³/mol. The zero-order valence-corrected chi connectivity index (χ0v) is 13.0. The number of hydrogen-bond acceptors (Lipinski definition) is 2. The first kappa shape index (κ1) is 19.4. The van der Waals surface area contributed by atoms with Gasteiger partial charge in [-0.3, -0.25) is 9.69 Å². The van der Waals surface area contributed by atoms with Crippen molar-refractivity contribution in [3.63, 3.8) is 0 Å². The number of unbranched alkanes of at least 4 members (excludes halogenated alkanes) is 4. The van der Waals surface area contributed by atoms with Crippen LogP contribution >= 0.6 is 0 Å². The van der Waals surface area contributed by atoms with Crippen molar-refractivity contribution in [2.75, 3.05) is 19.6 Å².